The molecular weight excluding hydrogens is 292 g/mol. The standard InChI is InChI=1S/C17H26N4O2/c1-12-8-13(2)21(18-12)11-15-6-4-5-7-20(15)17(23)14-9-16(22)19(3)10-14/h8,14-15H,4-7,9-11H2,1-3H3. The molecule has 6 nitrogen and oxygen atoms in total. The van der Waals surface area contributed by atoms with Gasteiger partial charge in [0.2, 0.25) is 11.8 Å². The molecule has 1 aromatic heterocycles. The number of aromatic nitrogens is 2. The highest BCUT2D eigenvalue weighted by Crippen LogP contribution is 2.25. The summed E-state index contributed by atoms with van der Waals surface area (Å²) in [4.78, 5) is 28.3. The molecule has 0 saturated carbocycles. The molecule has 0 radical (unpaired) electrons. The van der Waals surface area contributed by atoms with Gasteiger partial charge in [-0.3, -0.25) is 14.3 Å². The summed E-state index contributed by atoms with van der Waals surface area (Å²) in [7, 11) is 1.78. The van der Waals surface area contributed by atoms with Gasteiger partial charge in [0.25, 0.3) is 0 Å². The van der Waals surface area contributed by atoms with Crippen LogP contribution in [0.5, 0.6) is 0 Å². The lowest BCUT2D eigenvalue weighted by atomic mass is 9.98. The topological polar surface area (TPSA) is 58.4 Å². The number of carbonyl (C=O) groups excluding carboxylic acids is 2. The van der Waals surface area contributed by atoms with Gasteiger partial charge in [-0.2, -0.15) is 5.10 Å². The molecule has 2 unspecified atom stereocenters. The number of aryl methyl sites for hydroxylation is 2. The fraction of sp³-hybridized carbons (Fsp3) is 0.706. The van der Waals surface area contributed by atoms with Gasteiger partial charge in [-0.1, -0.05) is 0 Å². The van der Waals surface area contributed by atoms with Crippen LogP contribution in [-0.2, 0) is 16.1 Å². The van der Waals surface area contributed by atoms with Crippen LogP contribution in [0.15, 0.2) is 6.07 Å². The van der Waals surface area contributed by atoms with Crippen molar-refractivity contribution in [2.45, 2.75) is 52.1 Å². The summed E-state index contributed by atoms with van der Waals surface area (Å²) < 4.78 is 2.01. The second-order valence-corrected chi connectivity index (χ2v) is 6.97. The summed E-state index contributed by atoms with van der Waals surface area (Å²) in [5.74, 6) is 0.0536. The van der Waals surface area contributed by atoms with Crippen molar-refractivity contribution in [2.24, 2.45) is 5.92 Å². The molecule has 2 fully saturated rings. The van der Waals surface area contributed by atoms with E-state index in [4.69, 9.17) is 0 Å². The number of hydrogen-bond acceptors (Lipinski definition) is 3. The van der Waals surface area contributed by atoms with Crippen LogP contribution >= 0.6 is 0 Å². The molecule has 2 saturated heterocycles. The maximum atomic E-state index is 12.9. The van der Waals surface area contributed by atoms with Gasteiger partial charge in [-0.15, -0.1) is 0 Å². The largest absolute Gasteiger partial charge is 0.345 e. The monoisotopic (exact) mass is 318 g/mol. The van der Waals surface area contributed by atoms with Crippen LogP contribution in [0, 0.1) is 19.8 Å². The molecule has 23 heavy (non-hydrogen) atoms. The number of carbonyl (C=O) groups is 2. The molecule has 0 aromatic carbocycles. The second-order valence-electron chi connectivity index (χ2n) is 6.97. The van der Waals surface area contributed by atoms with Gasteiger partial charge in [-0.05, 0) is 39.2 Å². The highest BCUT2D eigenvalue weighted by Gasteiger charge is 2.37. The normalized spacial score (nSPS) is 25.3. The van der Waals surface area contributed by atoms with Crippen molar-refractivity contribution in [3.05, 3.63) is 17.5 Å². The lowest BCUT2D eigenvalue weighted by Crippen LogP contribution is -2.48. The van der Waals surface area contributed by atoms with Crippen molar-refractivity contribution in [1.82, 2.24) is 19.6 Å². The predicted molar refractivity (Wildman–Crippen MR) is 86.8 cm³/mol. The van der Waals surface area contributed by atoms with E-state index in [9.17, 15) is 9.59 Å². The zero-order valence-corrected chi connectivity index (χ0v) is 14.3. The van der Waals surface area contributed by atoms with Crippen LogP contribution in [0.3, 0.4) is 0 Å². The third-order valence-electron chi connectivity index (χ3n) is 5.09. The van der Waals surface area contributed by atoms with Gasteiger partial charge >= 0.3 is 0 Å². The van der Waals surface area contributed by atoms with E-state index in [2.05, 4.69) is 18.1 Å². The van der Waals surface area contributed by atoms with Gasteiger partial charge in [0.1, 0.15) is 0 Å². The number of likely N-dealkylation sites (tertiary alicyclic amines) is 2. The van der Waals surface area contributed by atoms with Crippen molar-refractivity contribution >= 4 is 11.8 Å². The van der Waals surface area contributed by atoms with Crippen LogP contribution in [0.25, 0.3) is 0 Å². The van der Waals surface area contributed by atoms with Gasteiger partial charge in [0, 0.05) is 32.3 Å². The molecule has 3 heterocycles. The van der Waals surface area contributed by atoms with Gasteiger partial charge in [0.15, 0.2) is 0 Å². The number of amides is 2. The molecule has 2 amide bonds. The number of rotatable bonds is 3. The highest BCUT2D eigenvalue weighted by molar-refractivity contribution is 5.89. The van der Waals surface area contributed by atoms with Crippen LogP contribution in [0.1, 0.15) is 37.1 Å². The minimum absolute atomic E-state index is 0.0791. The van der Waals surface area contributed by atoms with Crippen molar-refractivity contribution in [3.63, 3.8) is 0 Å². The zero-order chi connectivity index (χ0) is 16.6. The second kappa shape index (κ2) is 6.34. The summed E-state index contributed by atoms with van der Waals surface area (Å²) in [6, 6.07) is 2.26. The maximum absolute atomic E-state index is 12.9. The van der Waals surface area contributed by atoms with E-state index >= 15 is 0 Å². The van der Waals surface area contributed by atoms with Crippen molar-refractivity contribution in [2.75, 3.05) is 20.1 Å². The van der Waals surface area contributed by atoms with E-state index in [0.29, 0.717) is 13.0 Å². The summed E-state index contributed by atoms with van der Waals surface area (Å²) in [5.41, 5.74) is 2.15. The summed E-state index contributed by atoms with van der Waals surface area (Å²) in [5, 5.41) is 4.54. The summed E-state index contributed by atoms with van der Waals surface area (Å²) in [6.07, 6.45) is 3.58. The van der Waals surface area contributed by atoms with Crippen LogP contribution in [-0.4, -0.2) is 57.6 Å². The number of hydrogen-bond donors (Lipinski definition) is 0. The van der Waals surface area contributed by atoms with E-state index in [0.717, 1.165) is 43.7 Å². The molecule has 1 aromatic rings. The first-order valence-corrected chi connectivity index (χ1v) is 8.51. The molecule has 2 aliphatic heterocycles. The molecular formula is C17H26N4O2. The highest BCUT2D eigenvalue weighted by atomic mass is 16.2. The van der Waals surface area contributed by atoms with Crippen molar-refractivity contribution < 1.29 is 9.59 Å². The summed E-state index contributed by atoms with van der Waals surface area (Å²) in [6.45, 7) is 6.16. The average Bonchev–Trinajstić information content (AvgIpc) is 3.01. The Morgan fingerprint density at radius 1 is 1.35 bits per heavy atom. The molecule has 2 atom stereocenters. The van der Waals surface area contributed by atoms with Crippen molar-refractivity contribution in [1.29, 1.82) is 0 Å². The van der Waals surface area contributed by atoms with E-state index in [-0.39, 0.29) is 23.8 Å². The number of piperidine rings is 1. The zero-order valence-electron chi connectivity index (χ0n) is 14.3. The molecule has 2 aliphatic rings. The lowest BCUT2D eigenvalue weighted by Gasteiger charge is -2.37. The summed E-state index contributed by atoms with van der Waals surface area (Å²) >= 11 is 0. The smallest absolute Gasteiger partial charge is 0.228 e. The van der Waals surface area contributed by atoms with Crippen LogP contribution < -0.4 is 0 Å². The van der Waals surface area contributed by atoms with E-state index in [1.54, 1.807) is 11.9 Å². The fourth-order valence-electron chi connectivity index (χ4n) is 3.80. The number of nitrogens with zero attached hydrogens (tertiary/aromatic N) is 4. The van der Waals surface area contributed by atoms with Gasteiger partial charge in [0.05, 0.1) is 24.2 Å². The SMILES string of the molecule is Cc1cc(C)n(CC2CCCCN2C(=O)C2CC(=O)N(C)C2)n1. The average molecular weight is 318 g/mol. The molecule has 126 valence electrons. The lowest BCUT2D eigenvalue weighted by molar-refractivity contribution is -0.139. The Bertz CT molecular complexity index is 610. The van der Waals surface area contributed by atoms with E-state index in [1.807, 2.05) is 16.5 Å². The van der Waals surface area contributed by atoms with Gasteiger partial charge in [-0.25, -0.2) is 0 Å². The minimum Gasteiger partial charge on any atom is -0.345 e. The molecule has 0 N–H and O–H groups in total. The van der Waals surface area contributed by atoms with E-state index < -0.39 is 0 Å². The Hall–Kier alpha value is -1.85. The van der Waals surface area contributed by atoms with Crippen molar-refractivity contribution in [3.8, 4) is 0 Å². The third-order valence-corrected chi connectivity index (χ3v) is 5.09. The van der Waals surface area contributed by atoms with Crippen LogP contribution in [0.4, 0.5) is 0 Å². The van der Waals surface area contributed by atoms with Crippen LogP contribution in [0.2, 0.25) is 0 Å². The maximum Gasteiger partial charge on any atom is 0.228 e. The molecule has 6 heteroatoms. The molecule has 0 aliphatic carbocycles. The Balaban J connectivity index is 1.72. The first kappa shape index (κ1) is 16.0. The first-order chi connectivity index (χ1) is 11.0. The third kappa shape index (κ3) is 3.26. The Morgan fingerprint density at radius 3 is 2.74 bits per heavy atom. The molecule has 3 rings (SSSR count). The molecule has 0 bridgehead atoms. The van der Waals surface area contributed by atoms with E-state index in [1.165, 1.54) is 0 Å². The quantitative estimate of drug-likeness (QED) is 0.845. The predicted octanol–water partition coefficient (Wildman–Crippen LogP) is 1.36. The minimum atomic E-state index is -0.173. The Morgan fingerprint density at radius 2 is 2.13 bits per heavy atom. The fourth-order valence-corrected chi connectivity index (χ4v) is 3.80. The molecule has 0 spiro atoms. The Labute approximate surface area is 137 Å². The first-order valence-electron chi connectivity index (χ1n) is 8.51. The Kier molecular flexibility index (Phi) is 4.41. The van der Waals surface area contributed by atoms with Gasteiger partial charge < -0.3 is 9.80 Å².